The summed E-state index contributed by atoms with van der Waals surface area (Å²) in [5.41, 5.74) is 2.60. The highest BCUT2D eigenvalue weighted by molar-refractivity contribution is 5.29. The molecule has 2 atom stereocenters. The molecule has 0 saturated heterocycles. The first kappa shape index (κ1) is 15.2. The van der Waals surface area contributed by atoms with Crippen molar-refractivity contribution in [2.45, 2.75) is 0 Å². The molecule has 0 aliphatic carbocycles. The van der Waals surface area contributed by atoms with Gasteiger partial charge in [-0.3, -0.25) is 9.80 Å². The van der Waals surface area contributed by atoms with Crippen molar-refractivity contribution in [3.05, 3.63) is 86.0 Å². The van der Waals surface area contributed by atoms with Gasteiger partial charge in [0, 0.05) is 0 Å². The molecule has 0 radical (unpaired) electrons. The lowest BCUT2D eigenvalue weighted by molar-refractivity contribution is -1.02. The minimum atomic E-state index is 0.914. The highest BCUT2D eigenvalue weighted by atomic mass is 15.3. The fourth-order valence-electron chi connectivity index (χ4n) is 2.54. The molecule has 0 saturated carbocycles. The van der Waals surface area contributed by atoms with E-state index in [1.54, 1.807) is 0 Å². The van der Waals surface area contributed by atoms with Gasteiger partial charge in [0.1, 0.15) is 24.5 Å². The van der Waals surface area contributed by atoms with Crippen LogP contribution in [0.3, 0.4) is 0 Å². The third-order valence-corrected chi connectivity index (χ3v) is 3.57. The first-order valence-electron chi connectivity index (χ1n) is 7.37. The summed E-state index contributed by atoms with van der Waals surface area (Å²) < 4.78 is 0. The Morgan fingerprint density at radius 1 is 0.667 bits per heavy atom. The highest BCUT2D eigenvalue weighted by Crippen LogP contribution is 2.00. The molecule has 0 fully saturated rings. The van der Waals surface area contributed by atoms with Crippen molar-refractivity contribution in [2.75, 3.05) is 19.8 Å². The van der Waals surface area contributed by atoms with Crippen molar-refractivity contribution < 1.29 is 9.80 Å². The molecule has 108 valence electrons. The molecule has 2 heteroatoms. The number of benzene rings is 2. The van der Waals surface area contributed by atoms with Gasteiger partial charge in [0.15, 0.2) is 0 Å². The van der Waals surface area contributed by atoms with Gasteiger partial charge in [-0.15, -0.1) is 0 Å². The van der Waals surface area contributed by atoms with Crippen LogP contribution in [0.15, 0.2) is 86.0 Å². The van der Waals surface area contributed by atoms with Crippen LogP contribution in [0.25, 0.3) is 0 Å². The van der Waals surface area contributed by atoms with E-state index in [2.05, 4.69) is 73.8 Å². The average Bonchev–Trinajstić information content (AvgIpc) is 2.55. The standard InChI is InChI=1S/C19H22N2/c1-3-15-20(18-11-7-5-8-12-18)17-21(16-4-2)19-13-9-6-10-14-19/h3-14H,1-2,15-17H2/p+2. The molecule has 2 N–H and O–H groups in total. The van der Waals surface area contributed by atoms with Crippen molar-refractivity contribution >= 4 is 11.4 Å². The fourth-order valence-corrected chi connectivity index (χ4v) is 2.54. The topological polar surface area (TPSA) is 8.88 Å². The largest absolute Gasteiger partial charge is 0.253 e. The van der Waals surface area contributed by atoms with E-state index in [1.165, 1.54) is 21.2 Å². The molecule has 0 aromatic heterocycles. The third kappa shape index (κ3) is 4.42. The molecule has 2 aromatic rings. The molecule has 2 rings (SSSR count). The van der Waals surface area contributed by atoms with Crippen LogP contribution in [-0.4, -0.2) is 19.8 Å². The zero-order valence-electron chi connectivity index (χ0n) is 12.5. The predicted octanol–water partition coefficient (Wildman–Crippen LogP) is 1.75. The van der Waals surface area contributed by atoms with E-state index in [0.717, 1.165) is 19.8 Å². The van der Waals surface area contributed by atoms with Gasteiger partial charge in [-0.25, -0.2) is 0 Å². The van der Waals surface area contributed by atoms with Crippen LogP contribution in [0.4, 0.5) is 11.4 Å². The lowest BCUT2D eigenvalue weighted by Gasteiger charge is -2.23. The molecule has 2 aromatic carbocycles. The van der Waals surface area contributed by atoms with Crippen LogP contribution in [0.5, 0.6) is 0 Å². The molecule has 0 aliphatic heterocycles. The van der Waals surface area contributed by atoms with Gasteiger partial charge in [-0.2, -0.15) is 0 Å². The minimum absolute atomic E-state index is 0.914. The lowest BCUT2D eigenvalue weighted by atomic mass is 10.2. The first-order valence-corrected chi connectivity index (χ1v) is 7.37. The smallest absolute Gasteiger partial charge is 0.214 e. The van der Waals surface area contributed by atoms with Crippen molar-refractivity contribution in [1.82, 2.24) is 0 Å². The maximum atomic E-state index is 3.90. The highest BCUT2D eigenvalue weighted by Gasteiger charge is 2.19. The van der Waals surface area contributed by atoms with Gasteiger partial charge < -0.3 is 0 Å². The number of hydrogen-bond donors (Lipinski definition) is 2. The fraction of sp³-hybridized carbons (Fsp3) is 0.158. The summed E-state index contributed by atoms with van der Waals surface area (Å²) in [6, 6.07) is 21.2. The number of para-hydroxylation sites is 2. The molecule has 0 spiro atoms. The van der Waals surface area contributed by atoms with Crippen molar-refractivity contribution in [3.8, 4) is 0 Å². The molecule has 2 unspecified atom stereocenters. The normalized spacial score (nSPS) is 13.3. The second-order valence-electron chi connectivity index (χ2n) is 5.10. The van der Waals surface area contributed by atoms with Crippen LogP contribution < -0.4 is 9.80 Å². The van der Waals surface area contributed by atoms with Gasteiger partial charge in [0.2, 0.25) is 6.67 Å². The van der Waals surface area contributed by atoms with E-state index in [-0.39, 0.29) is 0 Å². The van der Waals surface area contributed by atoms with E-state index in [1.807, 2.05) is 12.2 Å². The Balaban J connectivity index is 2.20. The maximum absolute atomic E-state index is 3.90. The summed E-state index contributed by atoms with van der Waals surface area (Å²) in [6.45, 7) is 10.6. The van der Waals surface area contributed by atoms with E-state index >= 15 is 0 Å². The van der Waals surface area contributed by atoms with Gasteiger partial charge in [0.05, 0.1) is 0 Å². The third-order valence-electron chi connectivity index (χ3n) is 3.57. The van der Waals surface area contributed by atoms with E-state index < -0.39 is 0 Å². The summed E-state index contributed by atoms with van der Waals surface area (Å²) in [5, 5.41) is 0. The molecular formula is C19H24N2+2. The lowest BCUT2D eigenvalue weighted by Crippen LogP contribution is -3.27. The monoisotopic (exact) mass is 280 g/mol. The van der Waals surface area contributed by atoms with Crippen LogP contribution in [0.2, 0.25) is 0 Å². The van der Waals surface area contributed by atoms with Gasteiger partial charge in [0.25, 0.3) is 0 Å². The van der Waals surface area contributed by atoms with E-state index in [9.17, 15) is 0 Å². The molecular weight excluding hydrogens is 256 g/mol. The summed E-state index contributed by atoms with van der Waals surface area (Å²) in [7, 11) is 0. The van der Waals surface area contributed by atoms with Crippen molar-refractivity contribution in [2.24, 2.45) is 0 Å². The van der Waals surface area contributed by atoms with Crippen LogP contribution >= 0.6 is 0 Å². The number of nitrogens with one attached hydrogen (secondary N) is 2. The predicted molar refractivity (Wildman–Crippen MR) is 89.1 cm³/mol. The minimum Gasteiger partial charge on any atom is -0.253 e. The SMILES string of the molecule is C=CC[NH+](C[NH+](CC=C)c1ccccc1)c1ccccc1. The Labute approximate surface area is 127 Å². The van der Waals surface area contributed by atoms with Gasteiger partial charge in [-0.1, -0.05) is 49.6 Å². The second-order valence-corrected chi connectivity index (χ2v) is 5.10. The van der Waals surface area contributed by atoms with Crippen LogP contribution in [0, 0.1) is 0 Å². The number of hydrogen-bond acceptors (Lipinski definition) is 0. The van der Waals surface area contributed by atoms with Crippen molar-refractivity contribution in [3.63, 3.8) is 0 Å². The molecule has 0 bridgehead atoms. The quantitative estimate of drug-likeness (QED) is 0.538. The van der Waals surface area contributed by atoms with Gasteiger partial charge in [-0.05, 0) is 36.4 Å². The van der Waals surface area contributed by atoms with Crippen LogP contribution in [0.1, 0.15) is 0 Å². The number of quaternary nitrogens is 2. The summed E-state index contributed by atoms with van der Waals surface area (Å²) >= 11 is 0. The second kappa shape index (κ2) is 8.20. The Hall–Kier alpha value is -2.16. The molecule has 0 heterocycles. The maximum Gasteiger partial charge on any atom is 0.214 e. The molecule has 0 aliphatic rings. The Morgan fingerprint density at radius 2 is 1.05 bits per heavy atom. The Bertz CT molecular complexity index is 497. The Kier molecular flexibility index (Phi) is 5.95. The van der Waals surface area contributed by atoms with Crippen molar-refractivity contribution in [1.29, 1.82) is 0 Å². The molecule has 0 amide bonds. The Morgan fingerprint density at radius 3 is 1.38 bits per heavy atom. The van der Waals surface area contributed by atoms with E-state index in [4.69, 9.17) is 0 Å². The molecule has 2 nitrogen and oxygen atoms in total. The van der Waals surface area contributed by atoms with E-state index in [0.29, 0.717) is 0 Å². The summed E-state index contributed by atoms with van der Waals surface area (Å²) in [4.78, 5) is 2.82. The zero-order valence-corrected chi connectivity index (χ0v) is 12.5. The zero-order chi connectivity index (χ0) is 14.9. The number of rotatable bonds is 8. The summed E-state index contributed by atoms with van der Waals surface area (Å²) in [5.74, 6) is 0. The van der Waals surface area contributed by atoms with Crippen LogP contribution in [-0.2, 0) is 0 Å². The first-order chi connectivity index (χ1) is 10.3. The molecule has 21 heavy (non-hydrogen) atoms. The van der Waals surface area contributed by atoms with Gasteiger partial charge >= 0.3 is 0 Å². The summed E-state index contributed by atoms with van der Waals surface area (Å²) in [6.07, 6.45) is 3.97. The average molecular weight is 280 g/mol.